The molecule has 1 aromatic rings. The highest BCUT2D eigenvalue weighted by Crippen LogP contribution is 2.26. The van der Waals surface area contributed by atoms with Crippen molar-refractivity contribution in [1.82, 2.24) is 4.90 Å². The molecule has 0 aliphatic carbocycles. The minimum atomic E-state index is 0.312. The second-order valence-electron chi connectivity index (χ2n) is 4.30. The number of nitrogens with two attached hydrogens (primary N) is 1. The zero-order valence-corrected chi connectivity index (χ0v) is 10.8. The van der Waals surface area contributed by atoms with Crippen LogP contribution in [0.25, 0.3) is 0 Å². The maximum Gasteiger partial charge on any atom is 0.168 e. The summed E-state index contributed by atoms with van der Waals surface area (Å²) < 4.78 is 0. The van der Waals surface area contributed by atoms with Gasteiger partial charge in [-0.15, -0.1) is 0 Å². The fourth-order valence-corrected chi connectivity index (χ4v) is 2.15. The minimum Gasteiger partial charge on any atom is -0.376 e. The monoisotopic (exact) mass is 250 g/mol. The van der Waals surface area contributed by atoms with E-state index in [1.807, 2.05) is 18.2 Å². The molecule has 0 spiro atoms. The lowest BCUT2D eigenvalue weighted by molar-refractivity contribution is 0.313. The fourth-order valence-electron chi connectivity index (χ4n) is 2.04. The number of anilines is 2. The summed E-state index contributed by atoms with van der Waals surface area (Å²) in [5.74, 6) is 0. The lowest BCUT2D eigenvalue weighted by atomic mass is 10.2. The molecule has 0 atom stereocenters. The van der Waals surface area contributed by atoms with Gasteiger partial charge in [0, 0.05) is 26.2 Å². The molecule has 0 unspecified atom stereocenters. The molecule has 0 saturated carbocycles. The Morgan fingerprint density at radius 3 is 2.53 bits per heavy atom. The predicted molar refractivity (Wildman–Crippen MR) is 76.6 cm³/mol. The van der Waals surface area contributed by atoms with Crippen molar-refractivity contribution in [3.05, 3.63) is 24.3 Å². The van der Waals surface area contributed by atoms with Crippen molar-refractivity contribution < 1.29 is 0 Å². The molecule has 1 aliphatic rings. The van der Waals surface area contributed by atoms with Crippen molar-refractivity contribution in [3.63, 3.8) is 0 Å². The first kappa shape index (κ1) is 12.1. The van der Waals surface area contributed by atoms with Crippen molar-refractivity contribution in [2.75, 3.05) is 43.4 Å². The van der Waals surface area contributed by atoms with Gasteiger partial charge in [0.2, 0.25) is 0 Å². The van der Waals surface area contributed by atoms with Gasteiger partial charge >= 0.3 is 0 Å². The Labute approximate surface area is 107 Å². The van der Waals surface area contributed by atoms with Gasteiger partial charge in [-0.2, -0.15) is 0 Å². The molecule has 3 N–H and O–H groups in total. The number of nitrogens with one attached hydrogen (secondary N) is 1. The number of para-hydroxylation sites is 2. The van der Waals surface area contributed by atoms with Crippen LogP contribution >= 0.6 is 12.2 Å². The van der Waals surface area contributed by atoms with E-state index in [-0.39, 0.29) is 0 Å². The van der Waals surface area contributed by atoms with Crippen LogP contribution in [0.4, 0.5) is 11.4 Å². The van der Waals surface area contributed by atoms with Gasteiger partial charge < -0.3 is 20.9 Å². The van der Waals surface area contributed by atoms with Crippen LogP contribution in [0.15, 0.2) is 24.3 Å². The van der Waals surface area contributed by atoms with Crippen molar-refractivity contribution in [2.24, 2.45) is 5.73 Å². The van der Waals surface area contributed by atoms with E-state index >= 15 is 0 Å². The highest BCUT2D eigenvalue weighted by Gasteiger charge is 2.16. The van der Waals surface area contributed by atoms with Crippen molar-refractivity contribution in [2.45, 2.75) is 0 Å². The normalized spacial score (nSPS) is 16.9. The molecule has 2 rings (SSSR count). The molecule has 1 aromatic carbocycles. The highest BCUT2D eigenvalue weighted by molar-refractivity contribution is 7.80. The number of piperazine rings is 1. The molecule has 5 heteroatoms. The van der Waals surface area contributed by atoms with E-state index in [9.17, 15) is 0 Å². The summed E-state index contributed by atoms with van der Waals surface area (Å²) in [6.45, 7) is 4.24. The highest BCUT2D eigenvalue weighted by atomic mass is 32.1. The Balaban J connectivity index is 2.16. The first-order valence-corrected chi connectivity index (χ1v) is 6.16. The Morgan fingerprint density at radius 1 is 1.24 bits per heavy atom. The summed E-state index contributed by atoms with van der Waals surface area (Å²) in [6.07, 6.45) is 0. The van der Waals surface area contributed by atoms with Crippen molar-refractivity contribution in [1.29, 1.82) is 0 Å². The van der Waals surface area contributed by atoms with Crippen molar-refractivity contribution >= 4 is 28.7 Å². The van der Waals surface area contributed by atoms with E-state index in [1.54, 1.807) is 0 Å². The molecule has 1 heterocycles. The van der Waals surface area contributed by atoms with Crippen LogP contribution in [0.5, 0.6) is 0 Å². The first-order chi connectivity index (χ1) is 8.16. The van der Waals surface area contributed by atoms with Crippen LogP contribution in [0, 0.1) is 0 Å². The number of benzene rings is 1. The maximum atomic E-state index is 5.54. The van der Waals surface area contributed by atoms with Crippen LogP contribution < -0.4 is 16.0 Å². The average molecular weight is 250 g/mol. The summed E-state index contributed by atoms with van der Waals surface area (Å²) in [5.41, 5.74) is 7.70. The molecule has 1 aliphatic heterocycles. The number of likely N-dealkylation sites (N-methyl/N-ethyl adjacent to an activating group) is 1. The standard InChI is InChI=1S/C12H18N4S/c1-15-6-8-16(9-7-15)11-5-3-2-4-10(11)14-12(13)17/h2-5H,6-9H2,1H3,(H3,13,14,17). The molecule has 0 bridgehead atoms. The van der Waals surface area contributed by atoms with E-state index in [0.717, 1.165) is 31.9 Å². The largest absolute Gasteiger partial charge is 0.376 e. The molecule has 1 fully saturated rings. The molecule has 0 aromatic heterocycles. The van der Waals surface area contributed by atoms with E-state index < -0.39 is 0 Å². The van der Waals surface area contributed by atoms with Crippen LogP contribution in [-0.4, -0.2) is 43.2 Å². The van der Waals surface area contributed by atoms with Gasteiger partial charge in [-0.3, -0.25) is 0 Å². The average Bonchev–Trinajstić information content (AvgIpc) is 2.30. The summed E-state index contributed by atoms with van der Waals surface area (Å²) in [5, 5.41) is 3.35. The summed E-state index contributed by atoms with van der Waals surface area (Å²) in [6, 6.07) is 8.14. The zero-order valence-electron chi connectivity index (χ0n) is 10.0. The number of hydrogen-bond acceptors (Lipinski definition) is 3. The van der Waals surface area contributed by atoms with Crippen molar-refractivity contribution in [3.8, 4) is 0 Å². The van der Waals surface area contributed by atoms with Gasteiger partial charge in [-0.05, 0) is 31.4 Å². The third kappa shape index (κ3) is 3.08. The zero-order chi connectivity index (χ0) is 12.3. The molecule has 1 saturated heterocycles. The van der Waals surface area contributed by atoms with Gasteiger partial charge in [-0.25, -0.2) is 0 Å². The summed E-state index contributed by atoms with van der Waals surface area (Å²) >= 11 is 4.90. The van der Waals surface area contributed by atoms with Gasteiger partial charge in [0.1, 0.15) is 0 Å². The molecule has 0 amide bonds. The second-order valence-corrected chi connectivity index (χ2v) is 4.74. The lowest BCUT2D eigenvalue weighted by Gasteiger charge is -2.35. The quantitative estimate of drug-likeness (QED) is 0.769. The maximum absolute atomic E-state index is 5.54. The second kappa shape index (κ2) is 5.33. The Bertz CT molecular complexity index is 399. The van der Waals surface area contributed by atoms with Gasteiger partial charge in [-0.1, -0.05) is 12.1 Å². The molecular weight excluding hydrogens is 232 g/mol. The van der Waals surface area contributed by atoms with Crippen LogP contribution in [0.3, 0.4) is 0 Å². The number of hydrogen-bond donors (Lipinski definition) is 2. The molecule has 17 heavy (non-hydrogen) atoms. The van der Waals surface area contributed by atoms with Gasteiger partial charge in [0.25, 0.3) is 0 Å². The van der Waals surface area contributed by atoms with Crippen LogP contribution in [0.1, 0.15) is 0 Å². The minimum absolute atomic E-state index is 0.312. The Kier molecular flexibility index (Phi) is 3.81. The Hall–Kier alpha value is -1.33. The van der Waals surface area contributed by atoms with E-state index in [2.05, 4.69) is 28.2 Å². The lowest BCUT2D eigenvalue weighted by Crippen LogP contribution is -2.44. The van der Waals surface area contributed by atoms with Crippen LogP contribution in [-0.2, 0) is 0 Å². The van der Waals surface area contributed by atoms with E-state index in [1.165, 1.54) is 5.69 Å². The SMILES string of the molecule is CN1CCN(c2ccccc2NC(N)=S)CC1. The molecule has 4 nitrogen and oxygen atoms in total. The number of thiocarbonyl (C=S) groups is 1. The third-order valence-electron chi connectivity index (χ3n) is 3.01. The molecule has 92 valence electrons. The van der Waals surface area contributed by atoms with Gasteiger partial charge in [0.05, 0.1) is 11.4 Å². The fraction of sp³-hybridized carbons (Fsp3) is 0.417. The number of nitrogens with zero attached hydrogens (tertiary/aromatic N) is 2. The topological polar surface area (TPSA) is 44.5 Å². The molecule has 0 radical (unpaired) electrons. The molecular formula is C12H18N4S. The van der Waals surface area contributed by atoms with Gasteiger partial charge in [0.15, 0.2) is 5.11 Å². The van der Waals surface area contributed by atoms with E-state index in [0.29, 0.717) is 5.11 Å². The first-order valence-electron chi connectivity index (χ1n) is 5.76. The van der Waals surface area contributed by atoms with E-state index in [4.69, 9.17) is 18.0 Å². The van der Waals surface area contributed by atoms with Crippen LogP contribution in [0.2, 0.25) is 0 Å². The summed E-state index contributed by atoms with van der Waals surface area (Å²) in [7, 11) is 2.15. The Morgan fingerprint density at radius 2 is 1.88 bits per heavy atom. The summed E-state index contributed by atoms with van der Waals surface area (Å²) in [4.78, 5) is 4.70. The third-order valence-corrected chi connectivity index (χ3v) is 3.11. The smallest absolute Gasteiger partial charge is 0.168 e. The number of rotatable bonds is 2. The predicted octanol–water partition coefficient (Wildman–Crippen LogP) is 1.09.